The number of aliphatic hydroxyl groups is 1. The Morgan fingerprint density at radius 3 is 2.46 bits per heavy atom. The Labute approximate surface area is 378 Å². The maximum Gasteiger partial charge on any atom is 0.433 e. The second-order valence-corrected chi connectivity index (χ2v) is 17.2. The summed E-state index contributed by atoms with van der Waals surface area (Å²) in [5.41, 5.74) is 3.63. The molecular formula is C47H62F3N9O6. The summed E-state index contributed by atoms with van der Waals surface area (Å²) in [6.45, 7) is 14.0. The van der Waals surface area contributed by atoms with Crippen LogP contribution in [0.3, 0.4) is 0 Å². The largest absolute Gasteiger partial charge is 0.475 e. The van der Waals surface area contributed by atoms with Crippen molar-refractivity contribution >= 4 is 23.4 Å². The number of halogens is 3. The summed E-state index contributed by atoms with van der Waals surface area (Å²) in [5.74, 6) is 2.19. The van der Waals surface area contributed by atoms with Crippen LogP contribution < -0.4 is 20.3 Å². The van der Waals surface area contributed by atoms with Crippen LogP contribution in [-0.2, 0) is 39.8 Å². The van der Waals surface area contributed by atoms with E-state index < -0.39 is 29.6 Å². The number of aliphatic hydroxyl groups excluding tert-OH is 1. The Hall–Kier alpha value is -5.59. The van der Waals surface area contributed by atoms with Gasteiger partial charge in [-0.1, -0.05) is 13.0 Å². The number of fused-ring (bicyclic) bond motifs is 1. The number of rotatable bonds is 21. The van der Waals surface area contributed by atoms with Gasteiger partial charge in [0.05, 0.1) is 37.8 Å². The van der Waals surface area contributed by atoms with E-state index in [2.05, 4.69) is 42.5 Å². The fraction of sp³-hybridized carbons (Fsp3) is 0.532. The highest BCUT2D eigenvalue weighted by atomic mass is 19.4. The van der Waals surface area contributed by atoms with Gasteiger partial charge in [-0.3, -0.25) is 4.98 Å². The van der Waals surface area contributed by atoms with Crippen molar-refractivity contribution in [3.05, 3.63) is 88.8 Å². The first-order valence-electron chi connectivity index (χ1n) is 22.4. The summed E-state index contributed by atoms with van der Waals surface area (Å²) in [5, 5.41) is 20.6. The molecule has 3 N–H and O–H groups in total. The minimum Gasteiger partial charge on any atom is -0.475 e. The predicted octanol–water partition coefficient (Wildman–Crippen LogP) is 8.45. The van der Waals surface area contributed by atoms with E-state index in [0.717, 1.165) is 66.7 Å². The summed E-state index contributed by atoms with van der Waals surface area (Å²) >= 11 is 0. The third-order valence-electron chi connectivity index (χ3n) is 10.9. The minimum absolute atomic E-state index is 0.148. The summed E-state index contributed by atoms with van der Waals surface area (Å²) in [6.07, 6.45) is 5.46. The minimum atomic E-state index is -4.63. The summed E-state index contributed by atoms with van der Waals surface area (Å²) < 4.78 is 66.0. The van der Waals surface area contributed by atoms with E-state index in [0.29, 0.717) is 86.4 Å². The van der Waals surface area contributed by atoms with Crippen LogP contribution in [0.2, 0.25) is 0 Å². The topological polar surface area (TPSA) is 170 Å². The van der Waals surface area contributed by atoms with Gasteiger partial charge in [0.2, 0.25) is 5.88 Å². The van der Waals surface area contributed by atoms with E-state index in [1.165, 1.54) is 6.20 Å². The molecule has 0 aliphatic carbocycles. The van der Waals surface area contributed by atoms with Crippen molar-refractivity contribution in [2.45, 2.75) is 117 Å². The fourth-order valence-corrected chi connectivity index (χ4v) is 7.64. The van der Waals surface area contributed by atoms with Crippen molar-refractivity contribution in [1.82, 2.24) is 34.9 Å². The fourth-order valence-electron chi connectivity index (χ4n) is 7.64. The number of hydrogen-bond acceptors (Lipinski definition) is 13. The van der Waals surface area contributed by atoms with Crippen LogP contribution in [0.5, 0.6) is 5.88 Å². The molecule has 0 unspecified atom stereocenters. The summed E-state index contributed by atoms with van der Waals surface area (Å²) in [7, 11) is 0. The Bertz CT molecular complexity index is 2320. The number of anilines is 2. The zero-order valence-electron chi connectivity index (χ0n) is 38.2. The first kappa shape index (κ1) is 48.9. The molecule has 0 bridgehead atoms. The molecule has 6 heterocycles. The first-order valence-corrected chi connectivity index (χ1v) is 22.4. The van der Waals surface area contributed by atoms with Gasteiger partial charge in [-0.15, -0.1) is 0 Å². The number of alkyl carbamates (subject to hydrolysis) is 1. The number of aromatic nitrogens is 6. The van der Waals surface area contributed by atoms with E-state index in [9.17, 15) is 23.1 Å². The maximum absolute atomic E-state index is 13.9. The molecule has 1 amide bonds. The average molecular weight is 906 g/mol. The second-order valence-electron chi connectivity index (χ2n) is 17.2. The van der Waals surface area contributed by atoms with Gasteiger partial charge in [-0.05, 0) is 114 Å². The number of amides is 1. The number of nitrogens with one attached hydrogen (secondary N) is 2. The number of carbonyl (C=O) groups excluding carboxylic acids is 1. The van der Waals surface area contributed by atoms with Crippen LogP contribution in [-0.4, -0.2) is 98.6 Å². The Kier molecular flexibility index (Phi) is 16.9. The van der Waals surface area contributed by atoms with Gasteiger partial charge in [0, 0.05) is 73.7 Å². The number of hydrogen-bond donors (Lipinski definition) is 3. The molecule has 5 aromatic heterocycles. The van der Waals surface area contributed by atoms with Crippen molar-refractivity contribution in [2.75, 3.05) is 56.4 Å². The maximum atomic E-state index is 13.9. The van der Waals surface area contributed by atoms with Gasteiger partial charge in [-0.2, -0.15) is 22.8 Å². The molecule has 0 aromatic carbocycles. The number of aryl methyl sites for hydroxylation is 3. The van der Waals surface area contributed by atoms with Crippen LogP contribution in [0.25, 0.3) is 16.8 Å². The molecule has 1 fully saturated rings. The molecule has 15 nitrogen and oxygen atoms in total. The zero-order chi connectivity index (χ0) is 46.6. The van der Waals surface area contributed by atoms with Crippen molar-refractivity contribution < 1.29 is 42.0 Å². The van der Waals surface area contributed by atoms with Crippen LogP contribution in [0.15, 0.2) is 55.0 Å². The highest BCUT2D eigenvalue weighted by molar-refractivity contribution is 5.69. The molecule has 1 aliphatic heterocycles. The molecule has 18 heteroatoms. The highest BCUT2D eigenvalue weighted by Crippen LogP contribution is 2.34. The van der Waals surface area contributed by atoms with Crippen molar-refractivity contribution in [3.8, 4) is 17.0 Å². The molecule has 5 aromatic rings. The molecule has 0 spiro atoms. The smallest absolute Gasteiger partial charge is 0.433 e. The Morgan fingerprint density at radius 1 is 0.969 bits per heavy atom. The Balaban J connectivity index is 0.912. The highest BCUT2D eigenvalue weighted by Gasteiger charge is 2.33. The molecule has 1 aliphatic rings. The molecule has 1 saturated heterocycles. The van der Waals surface area contributed by atoms with Crippen LogP contribution >= 0.6 is 0 Å². The standard InChI is InChI=1S/C47H62F3N9O6/c1-7-34-29-54-59-41(26-42(57-44(34)59)58-16-9-8-12-37(58)15-17-60)52-27-33-13-14-43(53-28-33)64-22-21-63-20-19-62-18-10-11-36-24-35(25-40(56-36)47(48,49)50)38-30-51-39(23-31(38)2)32(3)55-45(61)65-46(4,5)6/h13-14,23-26,28-30,32,37,52,60H,7-12,15-22,27H2,1-6H3,(H,55,61)/t32-,37-/m1/s1. The Morgan fingerprint density at radius 2 is 1.75 bits per heavy atom. The predicted molar refractivity (Wildman–Crippen MR) is 241 cm³/mol. The molecule has 6 rings (SSSR count). The lowest BCUT2D eigenvalue weighted by atomic mass is 9.99. The SMILES string of the molecule is CCc1cnn2c(NCc3ccc(OCCOCCOCCCc4cc(-c5cnc([C@@H](C)NC(=O)OC(C)(C)C)cc5C)cc(C(F)(F)F)n4)nc3)cc(N3CCCC[C@@H]3CCO)nc12. The molecular weight excluding hydrogens is 844 g/mol. The van der Waals surface area contributed by atoms with E-state index in [1.807, 2.05) is 28.9 Å². The van der Waals surface area contributed by atoms with Crippen LogP contribution in [0.4, 0.5) is 29.6 Å². The van der Waals surface area contributed by atoms with Gasteiger partial charge in [0.1, 0.15) is 29.5 Å². The van der Waals surface area contributed by atoms with Gasteiger partial charge >= 0.3 is 12.3 Å². The normalized spacial score (nSPS) is 15.0. The van der Waals surface area contributed by atoms with Crippen LogP contribution in [0, 0.1) is 6.92 Å². The van der Waals surface area contributed by atoms with E-state index in [-0.39, 0.29) is 19.1 Å². The number of nitrogens with zero attached hydrogens (tertiary/aromatic N) is 7. The second kappa shape index (κ2) is 22.5. The summed E-state index contributed by atoms with van der Waals surface area (Å²) in [6, 6.07) is 9.99. The number of alkyl halides is 3. The lowest BCUT2D eigenvalue weighted by Crippen LogP contribution is -2.40. The van der Waals surface area contributed by atoms with Crippen molar-refractivity contribution in [1.29, 1.82) is 0 Å². The lowest BCUT2D eigenvalue weighted by molar-refractivity contribution is -0.141. The average Bonchev–Trinajstić information content (AvgIpc) is 3.69. The monoisotopic (exact) mass is 905 g/mol. The third kappa shape index (κ3) is 14.0. The van der Waals surface area contributed by atoms with E-state index >= 15 is 0 Å². The number of pyridine rings is 3. The zero-order valence-corrected chi connectivity index (χ0v) is 38.2. The van der Waals surface area contributed by atoms with Crippen LogP contribution in [0.1, 0.15) is 107 Å². The van der Waals surface area contributed by atoms with Gasteiger partial charge in [0.15, 0.2) is 5.65 Å². The molecule has 65 heavy (non-hydrogen) atoms. The van der Waals surface area contributed by atoms with Crippen molar-refractivity contribution in [3.63, 3.8) is 0 Å². The molecule has 352 valence electrons. The number of carbonyl (C=O) groups is 1. The number of ether oxygens (including phenoxy) is 4. The van der Waals surface area contributed by atoms with Gasteiger partial charge in [-0.25, -0.2) is 19.7 Å². The van der Waals surface area contributed by atoms with Crippen molar-refractivity contribution in [2.24, 2.45) is 0 Å². The summed E-state index contributed by atoms with van der Waals surface area (Å²) in [4.78, 5) is 32.4. The van der Waals surface area contributed by atoms with Gasteiger partial charge in [0.25, 0.3) is 0 Å². The van der Waals surface area contributed by atoms with E-state index in [1.54, 1.807) is 52.9 Å². The third-order valence-corrected chi connectivity index (χ3v) is 10.9. The molecule has 2 atom stereocenters. The van der Waals surface area contributed by atoms with E-state index in [4.69, 9.17) is 23.9 Å². The first-order chi connectivity index (χ1) is 31.1. The quantitative estimate of drug-likeness (QED) is 0.0600. The number of piperidine rings is 1. The van der Waals surface area contributed by atoms with Gasteiger partial charge < -0.3 is 39.6 Å². The molecule has 0 saturated carbocycles. The molecule has 0 radical (unpaired) electrons. The lowest BCUT2D eigenvalue weighted by Gasteiger charge is -2.36.